The molecule has 5 nitrogen and oxygen atoms in total. The van der Waals surface area contributed by atoms with Crippen LogP contribution in [0.1, 0.15) is 0 Å². The minimum absolute atomic E-state index is 0.310. The van der Waals surface area contributed by atoms with Gasteiger partial charge in [-0.3, -0.25) is 9.97 Å². The van der Waals surface area contributed by atoms with Crippen molar-refractivity contribution in [1.29, 1.82) is 0 Å². The molecule has 3 heterocycles. The van der Waals surface area contributed by atoms with Gasteiger partial charge in [0.25, 0.3) is 0 Å². The zero-order valence-corrected chi connectivity index (χ0v) is 12.0. The maximum Gasteiger partial charge on any atom is 0.323 e. The van der Waals surface area contributed by atoms with Crippen molar-refractivity contribution in [2.75, 3.05) is 10.6 Å². The molecular formula is C11H6Br2N4O. The highest BCUT2D eigenvalue weighted by molar-refractivity contribution is 9.10. The van der Waals surface area contributed by atoms with Crippen molar-refractivity contribution in [2.24, 2.45) is 0 Å². The van der Waals surface area contributed by atoms with Gasteiger partial charge in [0.15, 0.2) is 0 Å². The first-order chi connectivity index (χ1) is 8.63. The number of nitrogens with one attached hydrogen (secondary N) is 2. The van der Waals surface area contributed by atoms with Gasteiger partial charge < -0.3 is 10.6 Å². The Hall–Kier alpha value is -1.47. The topological polar surface area (TPSA) is 66.9 Å². The van der Waals surface area contributed by atoms with Gasteiger partial charge in [-0.05, 0) is 44.0 Å². The van der Waals surface area contributed by atoms with Crippen LogP contribution in [0.2, 0.25) is 0 Å². The molecule has 7 heteroatoms. The third-order valence-electron chi connectivity index (χ3n) is 2.43. The average molecular weight is 370 g/mol. The Morgan fingerprint density at radius 1 is 0.889 bits per heavy atom. The Balaban J connectivity index is 2.28. The van der Waals surface area contributed by atoms with E-state index in [0.717, 1.165) is 8.95 Å². The van der Waals surface area contributed by atoms with Crippen LogP contribution in [0.4, 0.5) is 16.2 Å². The smallest absolute Gasteiger partial charge is 0.306 e. The van der Waals surface area contributed by atoms with Gasteiger partial charge in [0.05, 0.1) is 11.4 Å². The number of halogens is 2. The van der Waals surface area contributed by atoms with Gasteiger partial charge in [-0.2, -0.15) is 0 Å². The lowest BCUT2D eigenvalue weighted by molar-refractivity contribution is 0.262. The van der Waals surface area contributed by atoms with E-state index in [9.17, 15) is 4.79 Å². The van der Waals surface area contributed by atoms with Crippen LogP contribution in [-0.2, 0) is 0 Å². The summed E-state index contributed by atoms with van der Waals surface area (Å²) in [5.74, 6) is 0. The molecule has 0 fully saturated rings. The minimum Gasteiger partial charge on any atom is -0.306 e. The van der Waals surface area contributed by atoms with Gasteiger partial charge in [0.1, 0.15) is 11.4 Å². The SMILES string of the molecule is O=C1Nc2cc(Br)cnc2-c2ncc(Br)cc2N1. The van der Waals surface area contributed by atoms with E-state index in [1.807, 2.05) is 0 Å². The number of aromatic nitrogens is 2. The number of amides is 2. The molecule has 2 amide bonds. The summed E-state index contributed by atoms with van der Waals surface area (Å²) in [4.78, 5) is 20.3. The van der Waals surface area contributed by atoms with Crippen LogP contribution < -0.4 is 10.6 Å². The third kappa shape index (κ3) is 1.99. The second-order valence-corrected chi connectivity index (χ2v) is 5.51. The molecule has 0 aromatic carbocycles. The summed E-state index contributed by atoms with van der Waals surface area (Å²) >= 11 is 6.65. The van der Waals surface area contributed by atoms with Crippen molar-refractivity contribution in [1.82, 2.24) is 9.97 Å². The lowest BCUT2D eigenvalue weighted by atomic mass is 10.2. The monoisotopic (exact) mass is 368 g/mol. The highest BCUT2D eigenvalue weighted by atomic mass is 79.9. The highest BCUT2D eigenvalue weighted by Crippen LogP contribution is 2.35. The molecule has 3 rings (SSSR count). The summed E-state index contributed by atoms with van der Waals surface area (Å²) in [5.41, 5.74) is 2.52. The predicted octanol–water partition coefficient (Wildman–Crippen LogP) is 3.63. The summed E-state index contributed by atoms with van der Waals surface area (Å²) in [6, 6.07) is 3.27. The molecule has 0 atom stereocenters. The quantitative estimate of drug-likeness (QED) is 0.745. The third-order valence-corrected chi connectivity index (χ3v) is 3.30. The molecular weight excluding hydrogens is 364 g/mol. The van der Waals surface area contributed by atoms with Crippen LogP contribution in [0.15, 0.2) is 33.5 Å². The Bertz CT molecular complexity index is 604. The van der Waals surface area contributed by atoms with Crippen LogP contribution in [0, 0.1) is 0 Å². The first-order valence-electron chi connectivity index (χ1n) is 5.03. The van der Waals surface area contributed by atoms with E-state index in [1.165, 1.54) is 0 Å². The van der Waals surface area contributed by atoms with E-state index in [0.29, 0.717) is 22.8 Å². The fourth-order valence-electron chi connectivity index (χ4n) is 1.72. The lowest BCUT2D eigenvalue weighted by Crippen LogP contribution is -2.17. The van der Waals surface area contributed by atoms with Gasteiger partial charge >= 0.3 is 6.03 Å². The number of nitrogens with zero attached hydrogens (tertiary/aromatic N) is 2. The summed E-state index contributed by atoms with van der Waals surface area (Å²) in [6.07, 6.45) is 3.34. The molecule has 0 unspecified atom stereocenters. The van der Waals surface area contributed by atoms with Gasteiger partial charge in [-0.1, -0.05) is 0 Å². The largest absolute Gasteiger partial charge is 0.323 e. The zero-order chi connectivity index (χ0) is 12.7. The number of urea groups is 1. The molecule has 0 aliphatic carbocycles. The Morgan fingerprint density at radius 3 is 1.78 bits per heavy atom. The molecule has 0 saturated heterocycles. The van der Waals surface area contributed by atoms with Crippen molar-refractivity contribution in [3.63, 3.8) is 0 Å². The number of rotatable bonds is 0. The summed E-state index contributed by atoms with van der Waals surface area (Å²) in [5, 5.41) is 5.46. The van der Waals surface area contributed by atoms with Crippen LogP contribution in [0.3, 0.4) is 0 Å². The van der Waals surface area contributed by atoms with Gasteiger partial charge in [0.2, 0.25) is 0 Å². The first kappa shape index (κ1) is 11.6. The molecule has 0 radical (unpaired) electrons. The van der Waals surface area contributed by atoms with E-state index in [1.54, 1.807) is 24.5 Å². The fourth-order valence-corrected chi connectivity index (χ4v) is 2.38. The number of carbonyl (C=O) groups is 1. The van der Waals surface area contributed by atoms with Gasteiger partial charge in [-0.15, -0.1) is 0 Å². The summed E-state index contributed by atoms with van der Waals surface area (Å²) in [6.45, 7) is 0. The maximum absolute atomic E-state index is 11.7. The van der Waals surface area contributed by atoms with E-state index in [2.05, 4.69) is 52.5 Å². The molecule has 18 heavy (non-hydrogen) atoms. The van der Waals surface area contributed by atoms with Crippen molar-refractivity contribution in [3.05, 3.63) is 33.5 Å². The Labute approximate surface area is 119 Å². The van der Waals surface area contributed by atoms with Crippen LogP contribution in [0.5, 0.6) is 0 Å². The van der Waals surface area contributed by atoms with Crippen molar-refractivity contribution < 1.29 is 4.79 Å². The predicted molar refractivity (Wildman–Crippen MR) is 75.5 cm³/mol. The van der Waals surface area contributed by atoms with Crippen LogP contribution >= 0.6 is 31.9 Å². The van der Waals surface area contributed by atoms with E-state index < -0.39 is 0 Å². The number of hydrogen-bond acceptors (Lipinski definition) is 3. The summed E-state index contributed by atoms with van der Waals surface area (Å²) < 4.78 is 1.59. The molecule has 1 aliphatic heterocycles. The second-order valence-electron chi connectivity index (χ2n) is 3.68. The molecule has 2 N–H and O–H groups in total. The number of hydrogen-bond donors (Lipinski definition) is 2. The maximum atomic E-state index is 11.7. The molecule has 2 aromatic heterocycles. The van der Waals surface area contributed by atoms with Crippen molar-refractivity contribution >= 4 is 49.3 Å². The van der Waals surface area contributed by atoms with Crippen molar-refractivity contribution in [3.8, 4) is 11.4 Å². The van der Waals surface area contributed by atoms with Crippen LogP contribution in [0.25, 0.3) is 11.4 Å². The molecule has 0 spiro atoms. The van der Waals surface area contributed by atoms with Crippen LogP contribution in [-0.4, -0.2) is 16.0 Å². The first-order valence-corrected chi connectivity index (χ1v) is 6.61. The van der Waals surface area contributed by atoms with E-state index >= 15 is 0 Å². The lowest BCUT2D eigenvalue weighted by Gasteiger charge is -2.06. The second kappa shape index (κ2) is 4.33. The Morgan fingerprint density at radius 2 is 1.33 bits per heavy atom. The molecule has 2 aromatic rings. The molecule has 90 valence electrons. The number of anilines is 2. The van der Waals surface area contributed by atoms with E-state index in [-0.39, 0.29) is 6.03 Å². The van der Waals surface area contributed by atoms with Crippen molar-refractivity contribution in [2.45, 2.75) is 0 Å². The molecule has 0 saturated carbocycles. The van der Waals surface area contributed by atoms with Gasteiger partial charge in [0, 0.05) is 21.3 Å². The number of fused-ring (bicyclic) bond motifs is 3. The Kier molecular flexibility index (Phi) is 2.79. The molecule has 0 bridgehead atoms. The normalized spacial score (nSPS) is 12.9. The van der Waals surface area contributed by atoms with Gasteiger partial charge in [-0.25, -0.2) is 4.79 Å². The zero-order valence-electron chi connectivity index (χ0n) is 8.87. The average Bonchev–Trinajstić information content (AvgIpc) is 2.42. The summed E-state index contributed by atoms with van der Waals surface area (Å²) in [7, 11) is 0. The van der Waals surface area contributed by atoms with E-state index in [4.69, 9.17) is 0 Å². The standard InChI is InChI=1S/C11H6Br2N4O/c12-5-1-7-9(14-3-5)10-8(17-11(18)16-7)2-6(13)4-15-10/h1-4H,(H2,16,17,18). The number of pyridine rings is 2. The fraction of sp³-hybridized carbons (Fsp3) is 0. The molecule has 1 aliphatic rings. The number of carbonyl (C=O) groups excluding carboxylic acids is 1. The minimum atomic E-state index is -0.310. The highest BCUT2D eigenvalue weighted by Gasteiger charge is 2.20.